The van der Waals surface area contributed by atoms with E-state index in [4.69, 9.17) is 0 Å². The fourth-order valence-corrected chi connectivity index (χ4v) is 2.36. The quantitative estimate of drug-likeness (QED) is 0.568. The number of H-pyrrole nitrogens is 1. The zero-order chi connectivity index (χ0) is 19.4. The van der Waals surface area contributed by atoms with Crippen LogP contribution in [0.5, 0.6) is 0 Å². The van der Waals surface area contributed by atoms with E-state index in [0.717, 1.165) is 11.6 Å². The number of aromatic amines is 1. The van der Waals surface area contributed by atoms with Gasteiger partial charge in [-0.15, -0.1) is 0 Å². The fraction of sp³-hybridized carbons (Fsp3) is 0.250. The highest BCUT2D eigenvalue weighted by atomic mass is 19.4. The van der Waals surface area contributed by atoms with Crippen LogP contribution in [0.3, 0.4) is 0 Å². The van der Waals surface area contributed by atoms with Gasteiger partial charge in [-0.25, -0.2) is 19.3 Å². The van der Waals surface area contributed by atoms with Crippen LogP contribution < -0.4 is 10.6 Å². The minimum Gasteiger partial charge on any atom is -0.367 e. The molecule has 0 bridgehead atoms. The fourth-order valence-electron chi connectivity index (χ4n) is 2.36. The first-order valence-corrected chi connectivity index (χ1v) is 7.86. The van der Waals surface area contributed by atoms with Crippen LogP contribution in [0.2, 0.25) is 0 Å². The third-order valence-electron chi connectivity index (χ3n) is 3.58. The van der Waals surface area contributed by atoms with Crippen molar-refractivity contribution < 1.29 is 23.8 Å². The van der Waals surface area contributed by atoms with Crippen molar-refractivity contribution in [3.05, 3.63) is 36.5 Å². The van der Waals surface area contributed by atoms with Crippen molar-refractivity contribution in [2.24, 2.45) is 0 Å². The molecule has 0 radical (unpaired) electrons. The van der Waals surface area contributed by atoms with E-state index >= 15 is 0 Å². The standard InChI is InChI=1S/C16H14F4N6O.H2/c17-11-7-24-14(10-2-5-22-13-9(10)1-4-21-13)26-15(11)23-6-3-12(27)25-8-16(18,19)20;/h1-2,4-5,7H,3,6,8H2,(H,21,22)(H,25,27)(H,23,24,26);1H. The first kappa shape index (κ1) is 18.5. The van der Waals surface area contributed by atoms with E-state index < -0.39 is 24.4 Å². The van der Waals surface area contributed by atoms with Gasteiger partial charge in [0.1, 0.15) is 12.2 Å². The smallest absolute Gasteiger partial charge is 0.367 e. The second kappa shape index (κ2) is 7.56. The number of fused-ring (bicyclic) bond motifs is 1. The van der Waals surface area contributed by atoms with Crippen molar-refractivity contribution in [2.45, 2.75) is 12.6 Å². The van der Waals surface area contributed by atoms with Crippen LogP contribution in [0.25, 0.3) is 22.4 Å². The molecule has 3 rings (SSSR count). The molecule has 0 aliphatic rings. The monoisotopic (exact) mass is 384 g/mol. The molecule has 0 saturated carbocycles. The van der Waals surface area contributed by atoms with Gasteiger partial charge in [-0.2, -0.15) is 13.2 Å². The number of hydrogen-bond acceptors (Lipinski definition) is 5. The van der Waals surface area contributed by atoms with Gasteiger partial charge in [0.25, 0.3) is 0 Å². The van der Waals surface area contributed by atoms with Gasteiger partial charge >= 0.3 is 6.18 Å². The maximum atomic E-state index is 13.9. The zero-order valence-electron chi connectivity index (χ0n) is 13.8. The molecule has 0 aliphatic heterocycles. The van der Waals surface area contributed by atoms with E-state index in [-0.39, 0.29) is 26.0 Å². The lowest BCUT2D eigenvalue weighted by atomic mass is 10.2. The number of aromatic nitrogens is 4. The molecule has 3 aromatic rings. The molecule has 1 amide bonds. The summed E-state index contributed by atoms with van der Waals surface area (Å²) in [5.41, 5.74) is 1.25. The highest BCUT2D eigenvalue weighted by Crippen LogP contribution is 2.25. The summed E-state index contributed by atoms with van der Waals surface area (Å²) < 4.78 is 50.0. The molecule has 3 heterocycles. The summed E-state index contributed by atoms with van der Waals surface area (Å²) >= 11 is 0. The number of pyridine rings is 1. The summed E-state index contributed by atoms with van der Waals surface area (Å²) in [5, 5.41) is 5.09. The molecule has 27 heavy (non-hydrogen) atoms. The summed E-state index contributed by atoms with van der Waals surface area (Å²) in [6, 6.07) is 3.46. The summed E-state index contributed by atoms with van der Waals surface area (Å²) in [6.45, 7) is -1.50. The van der Waals surface area contributed by atoms with Gasteiger partial charge in [-0.1, -0.05) is 0 Å². The van der Waals surface area contributed by atoms with Gasteiger partial charge in [-0.05, 0) is 12.1 Å². The summed E-state index contributed by atoms with van der Waals surface area (Å²) in [7, 11) is 0. The number of anilines is 1. The normalized spacial score (nSPS) is 11.6. The lowest BCUT2D eigenvalue weighted by Gasteiger charge is -2.10. The molecular weight excluding hydrogens is 368 g/mol. The molecular formula is C16H16F4N6O. The number of alkyl halides is 3. The summed E-state index contributed by atoms with van der Waals surface area (Å²) in [4.78, 5) is 26.5. The number of rotatable bonds is 6. The van der Waals surface area contributed by atoms with Gasteiger partial charge in [0.05, 0.1) is 6.20 Å². The average molecular weight is 384 g/mol. The van der Waals surface area contributed by atoms with E-state index in [1.54, 1.807) is 29.8 Å². The molecule has 11 heteroatoms. The SMILES string of the molecule is O=C(CCNc1nc(-c2ccnc3[nH]ccc23)ncc1F)NCC(F)(F)F.[HH]. The van der Waals surface area contributed by atoms with Crippen LogP contribution in [0.4, 0.5) is 23.4 Å². The van der Waals surface area contributed by atoms with Gasteiger partial charge in [-0.3, -0.25) is 4.79 Å². The third kappa shape index (κ3) is 4.68. The van der Waals surface area contributed by atoms with E-state index in [0.29, 0.717) is 11.2 Å². The third-order valence-corrected chi connectivity index (χ3v) is 3.58. The molecule has 0 atom stereocenters. The number of halogens is 4. The Morgan fingerprint density at radius 1 is 1.26 bits per heavy atom. The second-order valence-corrected chi connectivity index (χ2v) is 5.56. The molecule has 144 valence electrons. The van der Waals surface area contributed by atoms with Crippen molar-refractivity contribution >= 4 is 22.8 Å². The average Bonchev–Trinajstić information content (AvgIpc) is 3.10. The minimum absolute atomic E-state index is 0. The number of nitrogens with zero attached hydrogens (tertiary/aromatic N) is 3. The van der Waals surface area contributed by atoms with Crippen LogP contribution >= 0.6 is 0 Å². The van der Waals surface area contributed by atoms with Crippen LogP contribution in [-0.2, 0) is 4.79 Å². The molecule has 0 saturated heterocycles. The van der Waals surface area contributed by atoms with Crippen molar-refractivity contribution in [1.82, 2.24) is 25.3 Å². The summed E-state index contributed by atoms with van der Waals surface area (Å²) in [6.07, 6.45) is -0.521. The van der Waals surface area contributed by atoms with E-state index in [2.05, 4.69) is 25.3 Å². The van der Waals surface area contributed by atoms with Crippen molar-refractivity contribution in [2.75, 3.05) is 18.4 Å². The van der Waals surface area contributed by atoms with Crippen molar-refractivity contribution in [1.29, 1.82) is 0 Å². The Morgan fingerprint density at radius 3 is 2.85 bits per heavy atom. The predicted octanol–water partition coefficient (Wildman–Crippen LogP) is 2.89. The van der Waals surface area contributed by atoms with Crippen molar-refractivity contribution in [3.63, 3.8) is 0 Å². The highest BCUT2D eigenvalue weighted by Gasteiger charge is 2.27. The molecule has 0 aromatic carbocycles. The highest BCUT2D eigenvalue weighted by molar-refractivity contribution is 5.90. The maximum absolute atomic E-state index is 13.9. The van der Waals surface area contributed by atoms with Crippen LogP contribution in [0.15, 0.2) is 30.7 Å². The van der Waals surface area contributed by atoms with Gasteiger partial charge < -0.3 is 15.6 Å². The predicted molar refractivity (Wildman–Crippen MR) is 91.4 cm³/mol. The largest absolute Gasteiger partial charge is 0.405 e. The molecule has 7 nitrogen and oxygen atoms in total. The maximum Gasteiger partial charge on any atom is 0.405 e. The van der Waals surface area contributed by atoms with Gasteiger partial charge in [0, 0.05) is 37.7 Å². The van der Waals surface area contributed by atoms with Crippen LogP contribution in [0, 0.1) is 5.82 Å². The molecule has 0 unspecified atom stereocenters. The first-order chi connectivity index (χ1) is 12.8. The molecule has 3 N–H and O–H groups in total. The number of amides is 1. The lowest BCUT2D eigenvalue weighted by molar-refractivity contribution is -0.138. The first-order valence-electron chi connectivity index (χ1n) is 7.86. The number of nitrogens with one attached hydrogen (secondary N) is 3. The van der Waals surface area contributed by atoms with E-state index in [9.17, 15) is 22.4 Å². The molecule has 3 aromatic heterocycles. The Balaban J connectivity index is 0.00000280. The Bertz CT molecular complexity index is 962. The molecule has 0 aliphatic carbocycles. The van der Waals surface area contributed by atoms with Gasteiger partial charge in [0.2, 0.25) is 5.91 Å². The minimum atomic E-state index is -4.48. The number of carbonyl (C=O) groups excluding carboxylic acids is 1. The lowest BCUT2D eigenvalue weighted by Crippen LogP contribution is -2.34. The zero-order valence-corrected chi connectivity index (χ0v) is 13.8. The van der Waals surface area contributed by atoms with Gasteiger partial charge in [0.15, 0.2) is 17.5 Å². The Morgan fingerprint density at radius 2 is 2.07 bits per heavy atom. The van der Waals surface area contributed by atoms with E-state index in [1.807, 2.05) is 0 Å². The molecule has 0 spiro atoms. The number of carbonyl (C=O) groups is 1. The van der Waals surface area contributed by atoms with Crippen molar-refractivity contribution in [3.8, 4) is 11.4 Å². The van der Waals surface area contributed by atoms with E-state index in [1.165, 1.54) is 0 Å². The molecule has 0 fully saturated rings. The van der Waals surface area contributed by atoms with Crippen LogP contribution in [0.1, 0.15) is 7.85 Å². The Hall–Kier alpha value is -3.24. The Kier molecular flexibility index (Phi) is 5.19. The topological polar surface area (TPSA) is 95.6 Å². The second-order valence-electron chi connectivity index (χ2n) is 5.56. The summed E-state index contributed by atoms with van der Waals surface area (Å²) in [5.74, 6) is -1.46. The number of hydrogen-bond donors (Lipinski definition) is 3. The Labute approximate surface area is 151 Å². The van der Waals surface area contributed by atoms with Crippen LogP contribution in [-0.4, -0.2) is 45.1 Å².